The average molecular weight is 360 g/mol. The maximum Gasteiger partial charge on any atom is 0.336 e. The number of allylic oxidation sites excluding steroid dienone is 1. The standard InChI is InChI=1S/C18H20N2O6/c1-5-26-18(22)15-11(3)19-10(2)14(17(21)25-4)16(15)12-6-8-13(9-7-12)20(23)24/h6-9,14,16,19H,2,5H2,1,3-4H3. The molecule has 1 aliphatic heterocycles. The first-order valence-electron chi connectivity index (χ1n) is 7.97. The Hall–Kier alpha value is -3.16. The predicted octanol–water partition coefficient (Wildman–Crippen LogP) is 2.42. The number of carbonyl (C=O) groups excluding carboxylic acids is 2. The molecule has 0 saturated heterocycles. The Morgan fingerprint density at radius 3 is 2.42 bits per heavy atom. The SMILES string of the molecule is C=C1NC(C)=C(C(=O)OCC)C(c2ccc([N+](=O)[O-])cc2)C1C(=O)OC. The third-order valence-corrected chi connectivity index (χ3v) is 4.19. The molecule has 1 N–H and O–H groups in total. The van der Waals surface area contributed by atoms with Gasteiger partial charge in [0.05, 0.1) is 24.2 Å². The van der Waals surface area contributed by atoms with E-state index in [1.54, 1.807) is 13.8 Å². The summed E-state index contributed by atoms with van der Waals surface area (Å²) in [5, 5.41) is 13.8. The lowest BCUT2D eigenvalue weighted by molar-refractivity contribution is -0.384. The Bertz CT molecular complexity index is 781. The molecule has 2 rings (SSSR count). The van der Waals surface area contributed by atoms with Gasteiger partial charge >= 0.3 is 11.9 Å². The number of hydrogen-bond donors (Lipinski definition) is 1. The summed E-state index contributed by atoms with van der Waals surface area (Å²) in [6.07, 6.45) is 0. The van der Waals surface area contributed by atoms with Crippen LogP contribution in [0.5, 0.6) is 0 Å². The third-order valence-electron chi connectivity index (χ3n) is 4.19. The van der Waals surface area contributed by atoms with Crippen molar-refractivity contribution >= 4 is 17.6 Å². The number of methoxy groups -OCH3 is 1. The molecule has 2 unspecified atom stereocenters. The second-order valence-corrected chi connectivity index (χ2v) is 5.74. The average Bonchev–Trinajstić information content (AvgIpc) is 2.60. The number of non-ortho nitro benzene ring substituents is 1. The minimum absolute atomic E-state index is 0.0884. The van der Waals surface area contributed by atoms with Gasteiger partial charge < -0.3 is 14.8 Å². The zero-order chi connectivity index (χ0) is 19.4. The molecule has 0 radical (unpaired) electrons. The van der Waals surface area contributed by atoms with E-state index < -0.39 is 28.7 Å². The molecule has 138 valence electrons. The summed E-state index contributed by atoms with van der Waals surface area (Å²) < 4.78 is 10.0. The number of nitro benzene ring substituents is 1. The lowest BCUT2D eigenvalue weighted by Gasteiger charge is -2.34. The molecule has 0 saturated carbocycles. The van der Waals surface area contributed by atoms with Crippen molar-refractivity contribution in [3.8, 4) is 0 Å². The van der Waals surface area contributed by atoms with Crippen molar-refractivity contribution in [1.29, 1.82) is 0 Å². The summed E-state index contributed by atoms with van der Waals surface area (Å²) in [7, 11) is 1.25. The number of rotatable bonds is 5. The highest BCUT2D eigenvalue weighted by atomic mass is 16.6. The largest absolute Gasteiger partial charge is 0.468 e. The minimum atomic E-state index is -0.871. The summed E-state index contributed by atoms with van der Waals surface area (Å²) in [6.45, 7) is 7.41. The number of ether oxygens (including phenoxy) is 2. The van der Waals surface area contributed by atoms with Gasteiger partial charge in [-0.2, -0.15) is 0 Å². The molecular formula is C18H20N2O6. The molecule has 26 heavy (non-hydrogen) atoms. The van der Waals surface area contributed by atoms with E-state index in [0.29, 0.717) is 17.0 Å². The molecule has 8 heteroatoms. The topological polar surface area (TPSA) is 108 Å². The van der Waals surface area contributed by atoms with Crippen molar-refractivity contribution in [2.45, 2.75) is 19.8 Å². The Balaban J connectivity index is 2.61. The van der Waals surface area contributed by atoms with E-state index in [2.05, 4.69) is 11.9 Å². The van der Waals surface area contributed by atoms with E-state index in [9.17, 15) is 19.7 Å². The first-order valence-corrected chi connectivity index (χ1v) is 7.97. The smallest absolute Gasteiger partial charge is 0.336 e. The normalized spacial score (nSPS) is 19.6. The number of nitro groups is 1. The van der Waals surface area contributed by atoms with Gasteiger partial charge in [0.1, 0.15) is 5.92 Å². The predicted molar refractivity (Wildman–Crippen MR) is 93.0 cm³/mol. The molecule has 1 heterocycles. The van der Waals surface area contributed by atoms with Crippen LogP contribution in [0.1, 0.15) is 25.3 Å². The van der Waals surface area contributed by atoms with E-state index in [-0.39, 0.29) is 17.9 Å². The summed E-state index contributed by atoms with van der Waals surface area (Å²) >= 11 is 0. The fourth-order valence-electron chi connectivity index (χ4n) is 3.04. The van der Waals surface area contributed by atoms with Gasteiger partial charge in [-0.15, -0.1) is 0 Å². The zero-order valence-electron chi connectivity index (χ0n) is 14.8. The Labute approximate surface area is 150 Å². The lowest BCUT2D eigenvalue weighted by Crippen LogP contribution is -2.39. The highest BCUT2D eigenvalue weighted by Gasteiger charge is 2.42. The molecule has 0 spiro atoms. The number of nitrogens with zero attached hydrogens (tertiary/aromatic N) is 1. The molecule has 1 aliphatic rings. The van der Waals surface area contributed by atoms with Gasteiger partial charge in [0.25, 0.3) is 5.69 Å². The van der Waals surface area contributed by atoms with E-state index >= 15 is 0 Å². The van der Waals surface area contributed by atoms with Gasteiger partial charge in [0, 0.05) is 29.4 Å². The Morgan fingerprint density at radius 2 is 1.92 bits per heavy atom. The van der Waals surface area contributed by atoms with Crippen LogP contribution in [0.3, 0.4) is 0 Å². The molecular weight excluding hydrogens is 340 g/mol. The number of esters is 2. The summed E-state index contributed by atoms with van der Waals surface area (Å²) in [4.78, 5) is 35.3. The molecule has 0 bridgehead atoms. The fourth-order valence-corrected chi connectivity index (χ4v) is 3.04. The van der Waals surface area contributed by atoms with Gasteiger partial charge in [0.2, 0.25) is 0 Å². The quantitative estimate of drug-likeness (QED) is 0.488. The van der Waals surface area contributed by atoms with Crippen LogP contribution in [0.15, 0.2) is 47.8 Å². The molecule has 2 atom stereocenters. The van der Waals surface area contributed by atoms with Crippen molar-refractivity contribution in [3.05, 3.63) is 63.5 Å². The molecule has 8 nitrogen and oxygen atoms in total. The fraction of sp³-hybridized carbons (Fsp3) is 0.333. The van der Waals surface area contributed by atoms with Crippen molar-refractivity contribution in [2.24, 2.45) is 5.92 Å². The van der Waals surface area contributed by atoms with Crippen LogP contribution in [0.2, 0.25) is 0 Å². The number of carbonyl (C=O) groups is 2. The number of hydrogen-bond acceptors (Lipinski definition) is 7. The number of nitrogens with one attached hydrogen (secondary N) is 1. The molecule has 0 aliphatic carbocycles. The van der Waals surface area contributed by atoms with Crippen molar-refractivity contribution in [1.82, 2.24) is 5.32 Å². The summed E-state index contributed by atoms with van der Waals surface area (Å²) in [6, 6.07) is 5.69. The Morgan fingerprint density at radius 1 is 1.31 bits per heavy atom. The van der Waals surface area contributed by atoms with Crippen molar-refractivity contribution < 1.29 is 24.0 Å². The second-order valence-electron chi connectivity index (χ2n) is 5.74. The summed E-state index contributed by atoms with van der Waals surface area (Å²) in [5.41, 5.74) is 1.62. The van der Waals surface area contributed by atoms with Crippen LogP contribution >= 0.6 is 0 Å². The van der Waals surface area contributed by atoms with Gasteiger partial charge in [-0.1, -0.05) is 18.7 Å². The number of benzene rings is 1. The van der Waals surface area contributed by atoms with Crippen molar-refractivity contribution in [3.63, 3.8) is 0 Å². The van der Waals surface area contributed by atoms with Crippen LogP contribution in [0.4, 0.5) is 5.69 Å². The first kappa shape index (κ1) is 19.2. The maximum absolute atomic E-state index is 12.5. The molecule has 1 aromatic rings. The van der Waals surface area contributed by atoms with E-state index in [1.807, 2.05) is 0 Å². The van der Waals surface area contributed by atoms with Crippen molar-refractivity contribution in [2.75, 3.05) is 13.7 Å². The molecule has 0 amide bonds. The van der Waals surface area contributed by atoms with E-state index in [4.69, 9.17) is 9.47 Å². The molecule has 1 aromatic carbocycles. The third kappa shape index (κ3) is 3.58. The Kier molecular flexibility index (Phi) is 5.76. The maximum atomic E-state index is 12.5. The van der Waals surface area contributed by atoms with Crippen LogP contribution in [0.25, 0.3) is 0 Å². The summed E-state index contributed by atoms with van der Waals surface area (Å²) in [5.74, 6) is -2.73. The molecule has 0 aromatic heterocycles. The highest BCUT2D eigenvalue weighted by molar-refractivity contribution is 5.94. The van der Waals surface area contributed by atoms with E-state index in [1.165, 1.54) is 31.4 Å². The zero-order valence-corrected chi connectivity index (χ0v) is 14.8. The van der Waals surface area contributed by atoms with Gasteiger partial charge in [-0.05, 0) is 19.4 Å². The second kappa shape index (κ2) is 7.81. The van der Waals surface area contributed by atoms with Gasteiger partial charge in [0.15, 0.2) is 0 Å². The van der Waals surface area contributed by atoms with Gasteiger partial charge in [-0.3, -0.25) is 14.9 Å². The van der Waals surface area contributed by atoms with Crippen LogP contribution in [0, 0.1) is 16.0 Å². The van der Waals surface area contributed by atoms with Crippen LogP contribution in [-0.2, 0) is 19.1 Å². The van der Waals surface area contributed by atoms with E-state index in [0.717, 1.165) is 0 Å². The van der Waals surface area contributed by atoms with Gasteiger partial charge in [-0.25, -0.2) is 4.79 Å². The minimum Gasteiger partial charge on any atom is -0.468 e. The highest BCUT2D eigenvalue weighted by Crippen LogP contribution is 2.41. The lowest BCUT2D eigenvalue weighted by atomic mass is 9.75. The molecule has 0 fully saturated rings. The monoisotopic (exact) mass is 360 g/mol. The first-order chi connectivity index (χ1) is 12.3. The van der Waals surface area contributed by atoms with Crippen LogP contribution < -0.4 is 5.32 Å². The van der Waals surface area contributed by atoms with Crippen LogP contribution in [-0.4, -0.2) is 30.6 Å².